The van der Waals surface area contributed by atoms with Gasteiger partial charge in [0, 0.05) is 28.2 Å². The molecule has 0 aromatic heterocycles. The highest BCUT2D eigenvalue weighted by molar-refractivity contribution is 6.30. The van der Waals surface area contributed by atoms with Gasteiger partial charge < -0.3 is 10.6 Å². The van der Waals surface area contributed by atoms with Crippen LogP contribution in [0.25, 0.3) is 6.08 Å². The summed E-state index contributed by atoms with van der Waals surface area (Å²) in [7, 11) is 0. The Labute approximate surface area is 152 Å². The average molecular weight is 349 g/mol. The summed E-state index contributed by atoms with van der Waals surface area (Å²) in [5, 5.41) is 6.81. The summed E-state index contributed by atoms with van der Waals surface area (Å²) in [4.78, 5) is 12.0. The summed E-state index contributed by atoms with van der Waals surface area (Å²) in [6.45, 7) is 0. The number of hydrogen-bond donors (Lipinski definition) is 2. The van der Waals surface area contributed by atoms with Crippen molar-refractivity contribution in [1.82, 2.24) is 0 Å². The average Bonchev–Trinajstić information content (AvgIpc) is 2.64. The van der Waals surface area contributed by atoms with Crippen molar-refractivity contribution in [2.45, 2.75) is 0 Å². The zero-order chi connectivity index (χ0) is 17.5. The van der Waals surface area contributed by atoms with Gasteiger partial charge in [-0.2, -0.15) is 0 Å². The number of benzene rings is 3. The summed E-state index contributed by atoms with van der Waals surface area (Å²) in [6.07, 6.45) is 3.25. The van der Waals surface area contributed by atoms with Crippen molar-refractivity contribution in [3.8, 4) is 0 Å². The van der Waals surface area contributed by atoms with Crippen LogP contribution < -0.4 is 10.6 Å². The Morgan fingerprint density at radius 1 is 0.760 bits per heavy atom. The summed E-state index contributed by atoms with van der Waals surface area (Å²) >= 11 is 5.84. The van der Waals surface area contributed by atoms with E-state index in [9.17, 15) is 4.79 Å². The van der Waals surface area contributed by atoms with Crippen molar-refractivity contribution in [3.63, 3.8) is 0 Å². The molecule has 3 aromatic carbocycles. The van der Waals surface area contributed by atoms with Crippen LogP contribution in [0.2, 0.25) is 5.02 Å². The van der Waals surface area contributed by atoms with Crippen LogP contribution in [0, 0.1) is 0 Å². The van der Waals surface area contributed by atoms with E-state index in [0.29, 0.717) is 5.02 Å². The molecule has 0 heterocycles. The maximum absolute atomic E-state index is 12.0. The van der Waals surface area contributed by atoms with Gasteiger partial charge in [0.05, 0.1) is 0 Å². The lowest BCUT2D eigenvalue weighted by Gasteiger charge is -2.07. The molecule has 0 unspecified atom stereocenters. The summed E-state index contributed by atoms with van der Waals surface area (Å²) in [5.41, 5.74) is 3.64. The molecular formula is C21H17ClN2O. The molecule has 3 aromatic rings. The lowest BCUT2D eigenvalue weighted by molar-refractivity contribution is -0.111. The first-order valence-electron chi connectivity index (χ1n) is 7.86. The number of carbonyl (C=O) groups is 1. The van der Waals surface area contributed by atoms with Gasteiger partial charge in [0.25, 0.3) is 0 Å². The minimum atomic E-state index is -0.182. The third-order valence-electron chi connectivity index (χ3n) is 3.51. The van der Waals surface area contributed by atoms with Crippen molar-refractivity contribution < 1.29 is 4.79 Å². The second-order valence-electron chi connectivity index (χ2n) is 5.44. The fraction of sp³-hybridized carbons (Fsp3) is 0. The number of hydrogen-bond acceptors (Lipinski definition) is 2. The third kappa shape index (κ3) is 5.23. The molecule has 0 aliphatic rings. The molecule has 0 radical (unpaired) electrons. The standard InChI is InChI=1S/C21H17ClN2O/c22-17-9-6-16(7-10-17)8-15-21(25)24-20-13-11-19(12-14-20)23-18-4-2-1-3-5-18/h1-15,23H,(H,24,25). The van der Waals surface area contributed by atoms with Crippen LogP contribution in [0.5, 0.6) is 0 Å². The molecule has 25 heavy (non-hydrogen) atoms. The Morgan fingerprint density at radius 3 is 2.04 bits per heavy atom. The van der Waals surface area contributed by atoms with E-state index >= 15 is 0 Å². The van der Waals surface area contributed by atoms with Crippen LogP contribution in [-0.2, 0) is 4.79 Å². The Kier molecular flexibility index (Phi) is 5.50. The maximum atomic E-state index is 12.0. The second kappa shape index (κ2) is 8.18. The maximum Gasteiger partial charge on any atom is 0.248 e. The predicted molar refractivity (Wildman–Crippen MR) is 105 cm³/mol. The predicted octanol–water partition coefficient (Wildman–Crippen LogP) is 5.74. The summed E-state index contributed by atoms with van der Waals surface area (Å²) < 4.78 is 0. The van der Waals surface area contributed by atoms with Crippen molar-refractivity contribution in [2.24, 2.45) is 0 Å². The van der Waals surface area contributed by atoms with Crippen molar-refractivity contribution in [1.29, 1.82) is 0 Å². The third-order valence-corrected chi connectivity index (χ3v) is 3.76. The highest BCUT2D eigenvalue weighted by Crippen LogP contribution is 2.18. The lowest BCUT2D eigenvalue weighted by atomic mass is 10.2. The SMILES string of the molecule is O=C(C=Cc1ccc(Cl)cc1)Nc1ccc(Nc2ccccc2)cc1. The first-order chi connectivity index (χ1) is 12.2. The monoisotopic (exact) mass is 348 g/mol. The van der Waals surface area contributed by atoms with Crippen molar-refractivity contribution in [2.75, 3.05) is 10.6 Å². The van der Waals surface area contributed by atoms with Crippen LogP contribution >= 0.6 is 11.6 Å². The molecule has 0 aliphatic heterocycles. The van der Waals surface area contributed by atoms with Crippen molar-refractivity contribution in [3.05, 3.63) is 95.5 Å². The van der Waals surface area contributed by atoms with Gasteiger partial charge >= 0.3 is 0 Å². The molecule has 2 N–H and O–H groups in total. The molecule has 124 valence electrons. The van der Waals surface area contributed by atoms with Gasteiger partial charge in [-0.05, 0) is 60.2 Å². The van der Waals surface area contributed by atoms with Gasteiger partial charge in [0.15, 0.2) is 0 Å². The van der Waals surface area contributed by atoms with Gasteiger partial charge in [0.2, 0.25) is 5.91 Å². The van der Waals surface area contributed by atoms with Crippen LogP contribution in [0.1, 0.15) is 5.56 Å². The number of rotatable bonds is 5. The minimum Gasteiger partial charge on any atom is -0.356 e. The number of para-hydroxylation sites is 1. The molecule has 1 amide bonds. The normalized spacial score (nSPS) is 10.6. The van der Waals surface area contributed by atoms with E-state index in [1.807, 2.05) is 66.7 Å². The number of nitrogens with one attached hydrogen (secondary N) is 2. The zero-order valence-electron chi connectivity index (χ0n) is 13.4. The number of amides is 1. The highest BCUT2D eigenvalue weighted by Gasteiger charge is 1.99. The largest absolute Gasteiger partial charge is 0.356 e. The molecule has 4 heteroatoms. The molecule has 0 atom stereocenters. The molecule has 3 rings (SSSR count). The molecule has 0 saturated heterocycles. The molecule has 0 spiro atoms. The van der Waals surface area contributed by atoms with E-state index in [1.165, 1.54) is 6.08 Å². The zero-order valence-corrected chi connectivity index (χ0v) is 14.2. The van der Waals surface area contributed by atoms with Gasteiger partial charge in [0.1, 0.15) is 0 Å². The van der Waals surface area contributed by atoms with E-state index in [0.717, 1.165) is 22.6 Å². The van der Waals surface area contributed by atoms with Gasteiger partial charge in [-0.25, -0.2) is 0 Å². The lowest BCUT2D eigenvalue weighted by Crippen LogP contribution is -2.07. The topological polar surface area (TPSA) is 41.1 Å². The minimum absolute atomic E-state index is 0.182. The van der Waals surface area contributed by atoms with Crippen molar-refractivity contribution >= 4 is 40.6 Å². The highest BCUT2D eigenvalue weighted by atomic mass is 35.5. The Balaban J connectivity index is 1.57. The van der Waals surface area contributed by atoms with Gasteiger partial charge in [-0.1, -0.05) is 41.9 Å². The first-order valence-corrected chi connectivity index (χ1v) is 8.24. The molecule has 0 saturated carbocycles. The van der Waals surface area contributed by atoms with Crippen LogP contribution in [-0.4, -0.2) is 5.91 Å². The molecular weight excluding hydrogens is 332 g/mol. The van der Waals surface area contributed by atoms with Gasteiger partial charge in [-0.15, -0.1) is 0 Å². The van der Waals surface area contributed by atoms with E-state index in [1.54, 1.807) is 18.2 Å². The molecule has 0 fully saturated rings. The Morgan fingerprint density at radius 2 is 1.36 bits per heavy atom. The summed E-state index contributed by atoms with van der Waals surface area (Å²) in [5.74, 6) is -0.182. The molecule has 0 aliphatic carbocycles. The Bertz CT molecular complexity index is 857. The number of halogens is 1. The fourth-order valence-corrected chi connectivity index (χ4v) is 2.38. The fourth-order valence-electron chi connectivity index (χ4n) is 2.25. The van der Waals surface area contributed by atoms with E-state index in [4.69, 9.17) is 11.6 Å². The Hall–Kier alpha value is -3.04. The second-order valence-corrected chi connectivity index (χ2v) is 5.88. The van der Waals surface area contributed by atoms with Crippen LogP contribution in [0.15, 0.2) is 84.9 Å². The van der Waals surface area contributed by atoms with Crippen LogP contribution in [0.4, 0.5) is 17.1 Å². The van der Waals surface area contributed by atoms with Gasteiger partial charge in [-0.3, -0.25) is 4.79 Å². The van der Waals surface area contributed by atoms with E-state index in [-0.39, 0.29) is 5.91 Å². The molecule has 3 nitrogen and oxygen atoms in total. The smallest absolute Gasteiger partial charge is 0.248 e. The number of carbonyl (C=O) groups excluding carboxylic acids is 1. The van der Waals surface area contributed by atoms with E-state index < -0.39 is 0 Å². The number of anilines is 3. The summed E-state index contributed by atoms with van der Waals surface area (Å²) in [6, 6.07) is 24.8. The molecule has 0 bridgehead atoms. The van der Waals surface area contributed by atoms with E-state index in [2.05, 4.69) is 10.6 Å². The first kappa shape index (κ1) is 16.8. The van der Waals surface area contributed by atoms with Crippen LogP contribution in [0.3, 0.4) is 0 Å². The quantitative estimate of drug-likeness (QED) is 0.577.